The smallest absolute Gasteiger partial charge is 0.0413 e. The van der Waals surface area contributed by atoms with Gasteiger partial charge in [-0.2, -0.15) is 5.06 Å². The van der Waals surface area contributed by atoms with Crippen LogP contribution < -0.4 is 0 Å². The van der Waals surface area contributed by atoms with Gasteiger partial charge in [-0.1, -0.05) is 26.7 Å². The van der Waals surface area contributed by atoms with E-state index in [2.05, 4.69) is 41.5 Å². The van der Waals surface area contributed by atoms with E-state index in [9.17, 15) is 5.21 Å². The lowest BCUT2D eigenvalue weighted by molar-refractivity contribution is -0.254. The molecule has 0 aromatic heterocycles. The minimum absolute atomic E-state index is 0.0889. The first-order valence-electron chi connectivity index (χ1n) is 6.70. The molecule has 16 heavy (non-hydrogen) atoms. The molecule has 96 valence electrons. The zero-order chi connectivity index (χ0) is 12.6. The Morgan fingerprint density at radius 2 is 1.62 bits per heavy atom. The van der Waals surface area contributed by atoms with Crippen molar-refractivity contribution in [2.24, 2.45) is 11.8 Å². The highest BCUT2D eigenvalue weighted by Crippen LogP contribution is 2.43. The normalized spacial score (nSPS) is 27.9. The summed E-state index contributed by atoms with van der Waals surface area (Å²) in [5.41, 5.74) is -0.178. The third-order valence-electron chi connectivity index (χ3n) is 4.22. The van der Waals surface area contributed by atoms with Crippen molar-refractivity contribution in [3.05, 3.63) is 0 Å². The van der Waals surface area contributed by atoms with Crippen LogP contribution >= 0.6 is 0 Å². The van der Waals surface area contributed by atoms with Crippen LogP contribution in [0.4, 0.5) is 0 Å². The molecule has 1 saturated heterocycles. The molecule has 2 nitrogen and oxygen atoms in total. The van der Waals surface area contributed by atoms with Gasteiger partial charge in [0.2, 0.25) is 0 Å². The summed E-state index contributed by atoms with van der Waals surface area (Å²) in [7, 11) is 0. The predicted octanol–water partition coefficient (Wildman–Crippen LogP) is 4.08. The van der Waals surface area contributed by atoms with Crippen molar-refractivity contribution in [3.8, 4) is 0 Å². The van der Waals surface area contributed by atoms with Crippen LogP contribution in [0.1, 0.15) is 67.2 Å². The summed E-state index contributed by atoms with van der Waals surface area (Å²) in [5, 5.41) is 11.8. The van der Waals surface area contributed by atoms with Gasteiger partial charge in [0, 0.05) is 11.1 Å². The van der Waals surface area contributed by atoms with Gasteiger partial charge in [0.15, 0.2) is 0 Å². The average molecular weight is 227 g/mol. The highest BCUT2D eigenvalue weighted by molar-refractivity contribution is 4.96. The van der Waals surface area contributed by atoms with Crippen molar-refractivity contribution in [2.45, 2.75) is 78.3 Å². The molecule has 1 N–H and O–H groups in total. The molecule has 0 aromatic carbocycles. The van der Waals surface area contributed by atoms with E-state index in [4.69, 9.17) is 0 Å². The number of nitrogens with zero attached hydrogens (tertiary/aromatic N) is 1. The molecule has 1 rings (SSSR count). The third kappa shape index (κ3) is 2.78. The van der Waals surface area contributed by atoms with Gasteiger partial charge >= 0.3 is 0 Å². The highest BCUT2D eigenvalue weighted by atomic mass is 16.5. The summed E-state index contributed by atoms with van der Waals surface area (Å²) in [4.78, 5) is 0. The van der Waals surface area contributed by atoms with Gasteiger partial charge in [-0.05, 0) is 52.4 Å². The first-order chi connectivity index (χ1) is 7.20. The summed E-state index contributed by atoms with van der Waals surface area (Å²) in [5.74, 6) is 1.52. The predicted molar refractivity (Wildman–Crippen MR) is 68.6 cm³/mol. The van der Waals surface area contributed by atoms with Crippen LogP contribution in [0, 0.1) is 11.8 Å². The Hall–Kier alpha value is -0.0800. The van der Waals surface area contributed by atoms with Crippen molar-refractivity contribution in [1.82, 2.24) is 5.06 Å². The van der Waals surface area contributed by atoms with Crippen LogP contribution in [0.2, 0.25) is 0 Å². The topological polar surface area (TPSA) is 23.5 Å². The Morgan fingerprint density at radius 1 is 1.19 bits per heavy atom. The summed E-state index contributed by atoms with van der Waals surface area (Å²) in [6.07, 6.45) is 4.78. The highest BCUT2D eigenvalue weighted by Gasteiger charge is 2.45. The van der Waals surface area contributed by atoms with Crippen LogP contribution in [-0.2, 0) is 0 Å². The molecule has 1 fully saturated rings. The van der Waals surface area contributed by atoms with Crippen molar-refractivity contribution in [3.63, 3.8) is 0 Å². The number of piperidine rings is 1. The lowest BCUT2D eigenvalue weighted by atomic mass is 9.70. The van der Waals surface area contributed by atoms with Crippen molar-refractivity contribution in [2.75, 3.05) is 0 Å². The fourth-order valence-corrected chi connectivity index (χ4v) is 3.44. The Labute approximate surface area is 101 Å². The second kappa shape index (κ2) is 4.66. The largest absolute Gasteiger partial charge is 0.313 e. The quantitative estimate of drug-likeness (QED) is 0.785. The fraction of sp³-hybridized carbons (Fsp3) is 1.00. The first-order valence-corrected chi connectivity index (χ1v) is 6.70. The van der Waals surface area contributed by atoms with Crippen LogP contribution in [0.15, 0.2) is 0 Å². The standard InChI is InChI=1S/C14H29NO/c1-7-8-11(2)12-9-13(3,4)15(16)14(5,6)10-12/h11-12,16H,7-10H2,1-6H3. The van der Waals surface area contributed by atoms with E-state index in [1.165, 1.54) is 12.8 Å². The lowest BCUT2D eigenvalue weighted by Crippen LogP contribution is -2.59. The van der Waals surface area contributed by atoms with Gasteiger partial charge in [0.25, 0.3) is 0 Å². The number of hydroxylamine groups is 2. The molecule has 0 bridgehead atoms. The maximum absolute atomic E-state index is 10.2. The first kappa shape index (κ1) is 14.0. The summed E-state index contributed by atoms with van der Waals surface area (Å²) >= 11 is 0. The SMILES string of the molecule is CCCC(C)C1CC(C)(C)N(O)C(C)(C)C1. The molecule has 1 heterocycles. The summed E-state index contributed by atoms with van der Waals surface area (Å²) in [6, 6.07) is 0. The van der Waals surface area contributed by atoms with E-state index in [1.807, 2.05) is 0 Å². The van der Waals surface area contributed by atoms with E-state index in [-0.39, 0.29) is 11.1 Å². The third-order valence-corrected chi connectivity index (χ3v) is 4.22. The number of rotatable bonds is 3. The molecular weight excluding hydrogens is 198 g/mol. The zero-order valence-corrected chi connectivity index (χ0v) is 11.9. The molecule has 0 saturated carbocycles. The van der Waals surface area contributed by atoms with Gasteiger partial charge < -0.3 is 5.21 Å². The average Bonchev–Trinajstić information content (AvgIpc) is 2.13. The molecule has 0 amide bonds. The molecule has 1 atom stereocenters. The van der Waals surface area contributed by atoms with E-state index in [0.29, 0.717) is 0 Å². The zero-order valence-electron chi connectivity index (χ0n) is 11.9. The summed E-state index contributed by atoms with van der Waals surface area (Å²) in [6.45, 7) is 13.2. The number of hydrogen-bond acceptors (Lipinski definition) is 2. The fourth-order valence-electron chi connectivity index (χ4n) is 3.44. The van der Waals surface area contributed by atoms with Crippen LogP contribution in [0.5, 0.6) is 0 Å². The van der Waals surface area contributed by atoms with E-state index in [0.717, 1.165) is 24.7 Å². The van der Waals surface area contributed by atoms with E-state index >= 15 is 0 Å². The molecule has 1 aliphatic heterocycles. The van der Waals surface area contributed by atoms with Crippen LogP contribution in [-0.4, -0.2) is 21.3 Å². The van der Waals surface area contributed by atoms with E-state index < -0.39 is 0 Å². The van der Waals surface area contributed by atoms with Crippen LogP contribution in [0.25, 0.3) is 0 Å². The Balaban J connectivity index is 2.78. The van der Waals surface area contributed by atoms with Gasteiger partial charge in [0.1, 0.15) is 0 Å². The summed E-state index contributed by atoms with van der Waals surface area (Å²) < 4.78 is 0. The van der Waals surface area contributed by atoms with E-state index in [1.54, 1.807) is 5.06 Å². The molecule has 1 unspecified atom stereocenters. The molecule has 1 aliphatic rings. The van der Waals surface area contributed by atoms with Crippen molar-refractivity contribution < 1.29 is 5.21 Å². The number of hydrogen-bond donors (Lipinski definition) is 1. The second-order valence-corrected chi connectivity index (χ2v) is 6.87. The molecule has 0 spiro atoms. The van der Waals surface area contributed by atoms with Gasteiger partial charge in [-0.25, -0.2) is 0 Å². The Bertz CT molecular complexity index is 217. The Kier molecular flexibility index (Phi) is 4.07. The van der Waals surface area contributed by atoms with Crippen molar-refractivity contribution in [1.29, 1.82) is 0 Å². The molecule has 0 radical (unpaired) electrons. The monoisotopic (exact) mass is 227 g/mol. The van der Waals surface area contributed by atoms with Gasteiger partial charge in [-0.15, -0.1) is 0 Å². The minimum Gasteiger partial charge on any atom is -0.313 e. The molecule has 0 aromatic rings. The molecule has 2 heteroatoms. The van der Waals surface area contributed by atoms with Gasteiger partial charge in [0.05, 0.1) is 0 Å². The van der Waals surface area contributed by atoms with Crippen molar-refractivity contribution >= 4 is 0 Å². The molecular formula is C14H29NO. The van der Waals surface area contributed by atoms with Crippen LogP contribution in [0.3, 0.4) is 0 Å². The van der Waals surface area contributed by atoms with Gasteiger partial charge in [-0.3, -0.25) is 0 Å². The molecule has 0 aliphatic carbocycles. The maximum atomic E-state index is 10.2. The lowest BCUT2D eigenvalue weighted by Gasteiger charge is -2.52. The Morgan fingerprint density at radius 3 is 2.00 bits per heavy atom. The second-order valence-electron chi connectivity index (χ2n) is 6.87. The minimum atomic E-state index is -0.0889. The maximum Gasteiger partial charge on any atom is 0.0413 e.